The maximum absolute atomic E-state index is 5.84. The molecule has 0 aliphatic rings. The van der Waals surface area contributed by atoms with Gasteiger partial charge in [0.15, 0.2) is 0 Å². The number of ether oxygens (including phenoxy) is 1. The molecule has 26 heavy (non-hydrogen) atoms. The van der Waals surface area contributed by atoms with Gasteiger partial charge in [0.25, 0.3) is 0 Å². The van der Waals surface area contributed by atoms with Gasteiger partial charge in [0, 0.05) is 25.5 Å². The Morgan fingerprint density at radius 2 is 1.73 bits per heavy atom. The van der Waals surface area contributed by atoms with Crippen molar-refractivity contribution < 1.29 is 4.74 Å². The van der Waals surface area contributed by atoms with E-state index in [0.717, 1.165) is 31.8 Å². The Morgan fingerprint density at radius 3 is 2.42 bits per heavy atom. The zero-order valence-corrected chi connectivity index (χ0v) is 15.9. The van der Waals surface area contributed by atoms with E-state index in [2.05, 4.69) is 58.2 Å². The molecule has 0 saturated heterocycles. The Balaban J connectivity index is 0.00000243. The van der Waals surface area contributed by atoms with Crippen LogP contribution in [0.2, 0.25) is 0 Å². The Morgan fingerprint density at radius 1 is 1.00 bits per heavy atom. The number of halogens is 1. The Labute approximate surface area is 161 Å². The third-order valence-corrected chi connectivity index (χ3v) is 4.11. The van der Waals surface area contributed by atoms with Crippen molar-refractivity contribution in [3.8, 4) is 5.75 Å². The quantitative estimate of drug-likeness (QED) is 0.567. The predicted octanol–water partition coefficient (Wildman–Crippen LogP) is 4.37. The highest BCUT2D eigenvalue weighted by molar-refractivity contribution is 5.85. The van der Waals surface area contributed by atoms with Crippen molar-refractivity contribution in [3.63, 3.8) is 0 Å². The number of hydrogen-bond donors (Lipinski definition) is 1. The van der Waals surface area contributed by atoms with Crippen molar-refractivity contribution in [2.24, 2.45) is 0 Å². The summed E-state index contributed by atoms with van der Waals surface area (Å²) in [4.78, 5) is 4.05. The SMILES string of the molecule is Cc1ccc(COc2ccc(CNCCCn3ccnc3)cc2)cc1.Cl. The largest absolute Gasteiger partial charge is 0.489 e. The summed E-state index contributed by atoms with van der Waals surface area (Å²) in [6.07, 6.45) is 6.76. The van der Waals surface area contributed by atoms with Gasteiger partial charge in [-0.25, -0.2) is 4.98 Å². The van der Waals surface area contributed by atoms with Crippen molar-refractivity contribution >= 4 is 12.4 Å². The third-order valence-electron chi connectivity index (χ3n) is 4.11. The van der Waals surface area contributed by atoms with E-state index in [0.29, 0.717) is 6.61 Å². The van der Waals surface area contributed by atoms with Crippen LogP contribution in [0.15, 0.2) is 67.3 Å². The van der Waals surface area contributed by atoms with Crippen molar-refractivity contribution in [3.05, 3.63) is 83.9 Å². The topological polar surface area (TPSA) is 39.1 Å². The third kappa shape index (κ3) is 6.54. The van der Waals surface area contributed by atoms with Crippen LogP contribution in [0.4, 0.5) is 0 Å². The van der Waals surface area contributed by atoms with Gasteiger partial charge in [-0.3, -0.25) is 0 Å². The molecule has 0 aliphatic heterocycles. The predicted molar refractivity (Wildman–Crippen MR) is 108 cm³/mol. The summed E-state index contributed by atoms with van der Waals surface area (Å²) in [5, 5.41) is 3.47. The second kappa shape index (κ2) is 10.6. The second-order valence-electron chi connectivity index (χ2n) is 6.25. The van der Waals surface area contributed by atoms with Crippen molar-refractivity contribution in [2.75, 3.05) is 6.54 Å². The molecular weight excluding hydrogens is 346 g/mol. The molecular formula is C21H26ClN3O. The van der Waals surface area contributed by atoms with E-state index in [1.54, 1.807) is 0 Å². The van der Waals surface area contributed by atoms with Crippen LogP contribution in [0.3, 0.4) is 0 Å². The van der Waals surface area contributed by atoms with Crippen LogP contribution < -0.4 is 10.1 Å². The second-order valence-corrected chi connectivity index (χ2v) is 6.25. The van der Waals surface area contributed by atoms with Gasteiger partial charge in [0.05, 0.1) is 6.33 Å². The summed E-state index contributed by atoms with van der Waals surface area (Å²) in [6.45, 7) is 5.56. The average Bonchev–Trinajstić information content (AvgIpc) is 3.15. The lowest BCUT2D eigenvalue weighted by Gasteiger charge is -2.09. The molecule has 0 radical (unpaired) electrons. The summed E-state index contributed by atoms with van der Waals surface area (Å²) in [5.41, 5.74) is 3.73. The highest BCUT2D eigenvalue weighted by Crippen LogP contribution is 2.14. The van der Waals surface area contributed by atoms with Gasteiger partial charge in [0.2, 0.25) is 0 Å². The van der Waals surface area contributed by atoms with E-state index in [9.17, 15) is 0 Å². The molecule has 0 bridgehead atoms. The van der Waals surface area contributed by atoms with Crippen molar-refractivity contribution in [1.82, 2.24) is 14.9 Å². The summed E-state index contributed by atoms with van der Waals surface area (Å²) in [5.74, 6) is 0.907. The van der Waals surface area contributed by atoms with Gasteiger partial charge in [-0.1, -0.05) is 42.0 Å². The number of rotatable bonds is 9. The van der Waals surface area contributed by atoms with Crippen LogP contribution in [0.1, 0.15) is 23.1 Å². The van der Waals surface area contributed by atoms with Gasteiger partial charge in [0.1, 0.15) is 12.4 Å². The first-order valence-electron chi connectivity index (χ1n) is 8.73. The van der Waals surface area contributed by atoms with E-state index in [-0.39, 0.29) is 12.4 Å². The summed E-state index contributed by atoms with van der Waals surface area (Å²) in [7, 11) is 0. The molecule has 3 rings (SSSR count). The van der Waals surface area contributed by atoms with Gasteiger partial charge < -0.3 is 14.6 Å². The molecule has 1 N–H and O–H groups in total. The highest BCUT2D eigenvalue weighted by Gasteiger charge is 1.98. The number of hydrogen-bond acceptors (Lipinski definition) is 3. The Hall–Kier alpha value is -2.30. The van der Waals surface area contributed by atoms with Crippen molar-refractivity contribution in [2.45, 2.75) is 33.0 Å². The van der Waals surface area contributed by atoms with Gasteiger partial charge >= 0.3 is 0 Å². The van der Waals surface area contributed by atoms with Crippen LogP contribution in [-0.2, 0) is 19.7 Å². The summed E-state index contributed by atoms with van der Waals surface area (Å²) < 4.78 is 7.94. The van der Waals surface area contributed by atoms with Gasteiger partial charge in [-0.05, 0) is 43.1 Å². The highest BCUT2D eigenvalue weighted by atomic mass is 35.5. The fourth-order valence-electron chi connectivity index (χ4n) is 2.59. The molecule has 0 unspecified atom stereocenters. The number of imidazole rings is 1. The van der Waals surface area contributed by atoms with Gasteiger partial charge in [-0.2, -0.15) is 0 Å². The molecule has 138 valence electrons. The van der Waals surface area contributed by atoms with E-state index in [1.807, 2.05) is 30.9 Å². The lowest BCUT2D eigenvalue weighted by Crippen LogP contribution is -2.16. The van der Waals surface area contributed by atoms with Crippen LogP contribution in [0.25, 0.3) is 0 Å². The van der Waals surface area contributed by atoms with Gasteiger partial charge in [-0.15, -0.1) is 12.4 Å². The molecule has 1 aromatic heterocycles. The smallest absolute Gasteiger partial charge is 0.119 e. The number of nitrogens with one attached hydrogen (secondary N) is 1. The van der Waals surface area contributed by atoms with Crippen molar-refractivity contribution in [1.29, 1.82) is 0 Å². The van der Waals surface area contributed by atoms with Crippen LogP contribution in [0.5, 0.6) is 5.75 Å². The minimum Gasteiger partial charge on any atom is -0.489 e. The average molecular weight is 372 g/mol. The zero-order valence-electron chi connectivity index (χ0n) is 15.1. The summed E-state index contributed by atoms with van der Waals surface area (Å²) in [6, 6.07) is 16.8. The van der Waals surface area contributed by atoms with Crippen LogP contribution in [0, 0.1) is 6.92 Å². The molecule has 2 aromatic carbocycles. The number of aromatic nitrogens is 2. The first-order chi connectivity index (χ1) is 12.3. The summed E-state index contributed by atoms with van der Waals surface area (Å²) >= 11 is 0. The normalized spacial score (nSPS) is 10.3. The molecule has 0 fully saturated rings. The van der Waals surface area contributed by atoms with Crippen LogP contribution >= 0.6 is 12.4 Å². The number of nitrogens with zero attached hydrogens (tertiary/aromatic N) is 2. The Bertz CT molecular complexity index is 740. The molecule has 0 spiro atoms. The maximum Gasteiger partial charge on any atom is 0.119 e. The van der Waals surface area contributed by atoms with Crippen LogP contribution in [-0.4, -0.2) is 16.1 Å². The molecule has 0 amide bonds. The lowest BCUT2D eigenvalue weighted by molar-refractivity contribution is 0.306. The molecule has 5 heteroatoms. The molecule has 0 saturated carbocycles. The van der Waals surface area contributed by atoms with E-state index < -0.39 is 0 Å². The monoisotopic (exact) mass is 371 g/mol. The van der Waals surface area contributed by atoms with E-state index >= 15 is 0 Å². The fraction of sp³-hybridized carbons (Fsp3) is 0.286. The minimum absolute atomic E-state index is 0. The maximum atomic E-state index is 5.84. The minimum atomic E-state index is 0. The fourth-order valence-corrected chi connectivity index (χ4v) is 2.59. The molecule has 3 aromatic rings. The lowest BCUT2D eigenvalue weighted by atomic mass is 10.2. The van der Waals surface area contributed by atoms with E-state index in [1.165, 1.54) is 16.7 Å². The first kappa shape index (κ1) is 20.0. The number of aryl methyl sites for hydroxylation is 2. The molecule has 0 atom stereocenters. The first-order valence-corrected chi connectivity index (χ1v) is 8.73. The number of benzene rings is 2. The molecule has 4 nitrogen and oxygen atoms in total. The Kier molecular flexibility index (Phi) is 8.19. The molecule has 0 aliphatic carbocycles. The van der Waals surface area contributed by atoms with E-state index in [4.69, 9.17) is 4.74 Å². The zero-order chi connectivity index (χ0) is 17.3. The molecule has 1 heterocycles. The standard InChI is InChI=1S/C21H25N3O.ClH/c1-18-3-5-20(6-4-18)16-25-21-9-7-19(8-10-21)15-22-11-2-13-24-14-12-23-17-24;/h3-10,12,14,17,22H,2,11,13,15-16H2,1H3;1H.